The molecule has 4 rings (SSSR count). The first-order valence-electron chi connectivity index (χ1n) is 11.9. The van der Waals surface area contributed by atoms with Crippen LogP contribution in [0, 0.1) is 11.7 Å². The van der Waals surface area contributed by atoms with Crippen molar-refractivity contribution in [2.24, 2.45) is 5.92 Å². The lowest BCUT2D eigenvalue weighted by atomic mass is 9.86. The predicted molar refractivity (Wildman–Crippen MR) is 119 cm³/mol. The standard InChI is InChI=1S/C23H27F4N3O.C2H6/c1-15(17-7-9-18(24)10-8-17)30-20-14-29(21(31)13-16-5-3-2-4-6-16)12-11-19(20)22(28-30)23(25,26)27;1-2/h7-10,15-16H,2-6,11-14H2,1H3;1-2H3. The molecule has 0 bridgehead atoms. The van der Waals surface area contributed by atoms with Crippen molar-refractivity contribution in [3.05, 3.63) is 52.6 Å². The molecule has 33 heavy (non-hydrogen) atoms. The third-order valence-corrected chi connectivity index (χ3v) is 6.62. The maximum Gasteiger partial charge on any atom is 0.435 e. The molecule has 0 spiro atoms. The van der Waals surface area contributed by atoms with Crippen LogP contribution in [0.25, 0.3) is 0 Å². The Kier molecular flexibility index (Phi) is 8.19. The summed E-state index contributed by atoms with van der Waals surface area (Å²) in [6.07, 6.45) is 1.60. The van der Waals surface area contributed by atoms with Crippen LogP contribution < -0.4 is 0 Å². The molecule has 0 radical (unpaired) electrons. The molecule has 1 saturated carbocycles. The summed E-state index contributed by atoms with van der Waals surface area (Å²) in [4.78, 5) is 14.6. The zero-order chi connectivity index (χ0) is 24.2. The topological polar surface area (TPSA) is 38.1 Å². The molecule has 4 nitrogen and oxygen atoms in total. The summed E-state index contributed by atoms with van der Waals surface area (Å²) < 4.78 is 55.7. The number of fused-ring (bicyclic) bond motifs is 1. The number of rotatable bonds is 4. The van der Waals surface area contributed by atoms with Crippen LogP contribution in [-0.2, 0) is 23.9 Å². The monoisotopic (exact) mass is 467 g/mol. The SMILES string of the molecule is CC.CC(c1ccc(F)cc1)n1nc(C(F)(F)F)c2c1CN(C(=O)CC1CCCCC1)CC2. The maximum absolute atomic E-state index is 13.7. The van der Waals surface area contributed by atoms with Crippen molar-refractivity contribution >= 4 is 5.91 Å². The van der Waals surface area contributed by atoms with Gasteiger partial charge in [0.15, 0.2) is 5.69 Å². The molecular formula is C25H33F4N3O. The van der Waals surface area contributed by atoms with Gasteiger partial charge in [-0.05, 0) is 49.8 Å². The Morgan fingerprint density at radius 3 is 2.36 bits per heavy atom. The van der Waals surface area contributed by atoms with Crippen molar-refractivity contribution in [1.82, 2.24) is 14.7 Å². The van der Waals surface area contributed by atoms with E-state index in [1.165, 1.54) is 23.2 Å². The first-order chi connectivity index (χ1) is 15.7. The Balaban J connectivity index is 0.00000149. The van der Waals surface area contributed by atoms with E-state index in [1.54, 1.807) is 24.0 Å². The number of alkyl halides is 3. The van der Waals surface area contributed by atoms with E-state index in [4.69, 9.17) is 0 Å². The van der Waals surface area contributed by atoms with Crippen molar-refractivity contribution < 1.29 is 22.4 Å². The number of nitrogens with zero attached hydrogens (tertiary/aromatic N) is 3. The maximum atomic E-state index is 13.7. The van der Waals surface area contributed by atoms with E-state index in [2.05, 4.69) is 5.10 Å². The van der Waals surface area contributed by atoms with Crippen molar-refractivity contribution in [2.45, 2.75) is 84.5 Å². The van der Waals surface area contributed by atoms with Gasteiger partial charge in [-0.15, -0.1) is 0 Å². The van der Waals surface area contributed by atoms with Gasteiger partial charge in [-0.1, -0.05) is 45.2 Å². The Hall–Kier alpha value is -2.38. The molecular weight excluding hydrogens is 434 g/mol. The highest BCUT2D eigenvalue weighted by atomic mass is 19.4. The number of hydrogen-bond donors (Lipinski definition) is 0. The van der Waals surface area contributed by atoms with Crippen LogP contribution in [0.3, 0.4) is 0 Å². The Labute approximate surface area is 193 Å². The van der Waals surface area contributed by atoms with Crippen LogP contribution in [0.5, 0.6) is 0 Å². The fourth-order valence-corrected chi connectivity index (χ4v) is 4.85. The molecule has 0 saturated heterocycles. The molecule has 2 aliphatic rings. The first-order valence-corrected chi connectivity index (χ1v) is 11.9. The van der Waals surface area contributed by atoms with Gasteiger partial charge < -0.3 is 4.90 Å². The van der Waals surface area contributed by atoms with Crippen LogP contribution in [0.4, 0.5) is 17.6 Å². The summed E-state index contributed by atoms with van der Waals surface area (Å²) in [5.41, 5.74) is 0.373. The zero-order valence-corrected chi connectivity index (χ0v) is 19.6. The molecule has 1 aliphatic carbocycles. The van der Waals surface area contributed by atoms with Gasteiger partial charge >= 0.3 is 6.18 Å². The van der Waals surface area contributed by atoms with Gasteiger partial charge in [0.1, 0.15) is 5.82 Å². The molecule has 1 aromatic heterocycles. The predicted octanol–water partition coefficient (Wildman–Crippen LogP) is 6.53. The first kappa shape index (κ1) is 25.2. The molecule has 1 aliphatic heterocycles. The van der Waals surface area contributed by atoms with E-state index < -0.39 is 23.7 Å². The van der Waals surface area contributed by atoms with E-state index in [0.29, 0.717) is 23.6 Å². The van der Waals surface area contributed by atoms with E-state index in [0.717, 1.165) is 25.7 Å². The molecule has 8 heteroatoms. The molecule has 1 aromatic carbocycles. The fourth-order valence-electron chi connectivity index (χ4n) is 4.85. The lowest BCUT2D eigenvalue weighted by molar-refractivity contribution is -0.142. The van der Waals surface area contributed by atoms with Crippen molar-refractivity contribution in [3.63, 3.8) is 0 Å². The average Bonchev–Trinajstić information content (AvgIpc) is 3.20. The molecule has 1 amide bonds. The van der Waals surface area contributed by atoms with Crippen LogP contribution in [0.15, 0.2) is 24.3 Å². The fraction of sp³-hybridized carbons (Fsp3) is 0.600. The number of benzene rings is 1. The third-order valence-electron chi connectivity index (χ3n) is 6.62. The summed E-state index contributed by atoms with van der Waals surface area (Å²) in [6, 6.07) is 5.16. The number of carbonyl (C=O) groups is 1. The van der Waals surface area contributed by atoms with Gasteiger partial charge in [0, 0.05) is 18.5 Å². The van der Waals surface area contributed by atoms with Crippen LogP contribution in [-0.4, -0.2) is 27.1 Å². The lowest BCUT2D eigenvalue weighted by Gasteiger charge is -2.31. The van der Waals surface area contributed by atoms with E-state index in [1.807, 2.05) is 13.8 Å². The van der Waals surface area contributed by atoms with Crippen molar-refractivity contribution in [1.29, 1.82) is 0 Å². The van der Waals surface area contributed by atoms with Crippen molar-refractivity contribution in [2.75, 3.05) is 6.54 Å². The highest BCUT2D eigenvalue weighted by molar-refractivity contribution is 5.76. The molecule has 1 fully saturated rings. The Morgan fingerprint density at radius 2 is 1.76 bits per heavy atom. The summed E-state index contributed by atoms with van der Waals surface area (Å²) in [5.74, 6) is -0.0290. The number of aromatic nitrogens is 2. The highest BCUT2D eigenvalue weighted by Crippen LogP contribution is 2.37. The minimum atomic E-state index is -4.56. The molecule has 0 N–H and O–H groups in total. The number of halogens is 4. The largest absolute Gasteiger partial charge is 0.435 e. The van der Waals surface area contributed by atoms with Gasteiger partial charge in [-0.25, -0.2) is 4.39 Å². The Bertz CT molecular complexity index is 930. The molecule has 182 valence electrons. The van der Waals surface area contributed by atoms with E-state index in [-0.39, 0.29) is 31.0 Å². The molecule has 1 unspecified atom stereocenters. The van der Waals surface area contributed by atoms with Crippen LogP contribution in [0.2, 0.25) is 0 Å². The van der Waals surface area contributed by atoms with Gasteiger partial charge in [-0.2, -0.15) is 18.3 Å². The van der Waals surface area contributed by atoms with Gasteiger partial charge in [0.25, 0.3) is 0 Å². The molecule has 1 atom stereocenters. The molecule has 2 aromatic rings. The minimum absolute atomic E-state index is 0.00768. The normalized spacial score (nSPS) is 17.7. The van der Waals surface area contributed by atoms with Gasteiger partial charge in [-0.3, -0.25) is 9.48 Å². The number of amides is 1. The number of hydrogen-bond acceptors (Lipinski definition) is 2. The van der Waals surface area contributed by atoms with Crippen LogP contribution >= 0.6 is 0 Å². The summed E-state index contributed by atoms with van der Waals surface area (Å²) in [7, 11) is 0. The minimum Gasteiger partial charge on any atom is -0.336 e. The van der Waals surface area contributed by atoms with Gasteiger partial charge in [0.05, 0.1) is 18.3 Å². The molecule has 2 heterocycles. The lowest BCUT2D eigenvalue weighted by Crippen LogP contribution is -2.38. The third kappa shape index (κ3) is 5.76. The Morgan fingerprint density at radius 1 is 1.12 bits per heavy atom. The smallest absolute Gasteiger partial charge is 0.336 e. The second-order valence-electron chi connectivity index (χ2n) is 8.72. The second-order valence-corrected chi connectivity index (χ2v) is 8.72. The number of carbonyl (C=O) groups excluding carboxylic acids is 1. The summed E-state index contributed by atoms with van der Waals surface area (Å²) >= 11 is 0. The quantitative estimate of drug-likeness (QED) is 0.480. The highest BCUT2D eigenvalue weighted by Gasteiger charge is 2.41. The zero-order valence-electron chi connectivity index (χ0n) is 19.6. The van der Waals surface area contributed by atoms with E-state index in [9.17, 15) is 22.4 Å². The van der Waals surface area contributed by atoms with E-state index >= 15 is 0 Å². The van der Waals surface area contributed by atoms with Crippen LogP contribution in [0.1, 0.15) is 87.9 Å². The second kappa shape index (κ2) is 10.7. The summed E-state index contributed by atoms with van der Waals surface area (Å²) in [6.45, 7) is 6.14. The van der Waals surface area contributed by atoms with Gasteiger partial charge in [0.2, 0.25) is 5.91 Å². The van der Waals surface area contributed by atoms with Crippen molar-refractivity contribution in [3.8, 4) is 0 Å². The average molecular weight is 468 g/mol. The summed E-state index contributed by atoms with van der Waals surface area (Å²) in [5, 5.41) is 3.93.